The maximum atomic E-state index is 13.2. The molecule has 0 spiro atoms. The van der Waals surface area contributed by atoms with Crippen LogP contribution in [-0.2, 0) is 6.54 Å². The summed E-state index contributed by atoms with van der Waals surface area (Å²) < 4.78 is 40.8. The van der Waals surface area contributed by atoms with Crippen molar-refractivity contribution in [1.29, 1.82) is 0 Å². The van der Waals surface area contributed by atoms with Crippen molar-refractivity contribution in [3.8, 4) is 11.4 Å². The van der Waals surface area contributed by atoms with E-state index in [1.807, 2.05) is 13.8 Å². The predicted molar refractivity (Wildman–Crippen MR) is 85.8 cm³/mol. The molecule has 9 heteroatoms. The third kappa shape index (κ3) is 3.31. The Morgan fingerprint density at radius 2 is 2.16 bits per heavy atom. The predicted octanol–water partition coefficient (Wildman–Crippen LogP) is 2.57. The Balaban J connectivity index is 2.25. The van der Waals surface area contributed by atoms with Gasteiger partial charge in [0.1, 0.15) is 6.54 Å². The summed E-state index contributed by atoms with van der Waals surface area (Å²) in [5.41, 5.74) is 6.67. The highest BCUT2D eigenvalue weighted by Gasteiger charge is 2.37. The van der Waals surface area contributed by atoms with Crippen molar-refractivity contribution in [1.82, 2.24) is 19.9 Å². The van der Waals surface area contributed by atoms with Crippen molar-refractivity contribution in [3.05, 3.63) is 29.6 Å². The molecule has 0 bridgehead atoms. The number of alkyl halides is 3. The van der Waals surface area contributed by atoms with Crippen LogP contribution in [-0.4, -0.2) is 33.2 Å². The number of aromatic nitrogens is 3. The van der Waals surface area contributed by atoms with E-state index in [0.717, 1.165) is 4.57 Å². The molecule has 1 amide bonds. The minimum absolute atomic E-state index is 0.0416. The summed E-state index contributed by atoms with van der Waals surface area (Å²) in [6.07, 6.45) is -3.06. The summed E-state index contributed by atoms with van der Waals surface area (Å²) in [6, 6.07) is 2.93. The summed E-state index contributed by atoms with van der Waals surface area (Å²) in [7, 11) is 0. The second kappa shape index (κ2) is 6.05. The Kier molecular flexibility index (Phi) is 4.18. The molecule has 1 aliphatic heterocycles. The van der Waals surface area contributed by atoms with E-state index >= 15 is 0 Å². The Morgan fingerprint density at radius 3 is 2.76 bits per heavy atom. The van der Waals surface area contributed by atoms with E-state index < -0.39 is 12.7 Å². The number of hydrogen-bond donors (Lipinski definition) is 2. The number of carbonyl (C=O) groups excluding carboxylic acids is 1. The van der Waals surface area contributed by atoms with E-state index in [-0.39, 0.29) is 40.6 Å². The molecule has 0 fully saturated rings. The summed E-state index contributed by atoms with van der Waals surface area (Å²) in [5.74, 6) is -0.580. The fourth-order valence-corrected chi connectivity index (χ4v) is 3.17. The first-order valence-corrected chi connectivity index (χ1v) is 7.84. The highest BCUT2D eigenvalue weighted by atomic mass is 19.4. The van der Waals surface area contributed by atoms with Crippen molar-refractivity contribution in [2.75, 3.05) is 12.3 Å². The third-order valence-corrected chi connectivity index (χ3v) is 4.30. The van der Waals surface area contributed by atoms with Gasteiger partial charge >= 0.3 is 6.18 Å². The lowest BCUT2D eigenvalue weighted by atomic mass is 9.87. The molecule has 1 unspecified atom stereocenters. The molecule has 0 aliphatic carbocycles. The Hall–Kier alpha value is -2.58. The summed E-state index contributed by atoms with van der Waals surface area (Å²) in [5, 5.41) is 2.74. The van der Waals surface area contributed by atoms with Crippen molar-refractivity contribution in [2.45, 2.75) is 32.5 Å². The lowest BCUT2D eigenvalue weighted by Crippen LogP contribution is -2.38. The van der Waals surface area contributed by atoms with Gasteiger partial charge in [-0.25, -0.2) is 9.97 Å². The van der Waals surface area contributed by atoms with Crippen molar-refractivity contribution in [3.63, 3.8) is 0 Å². The minimum atomic E-state index is -4.43. The SMILES string of the molecule is CC(C)C1CNC(=O)c2cc(-c3ccnc(N)n3)n(CC(F)(F)F)c21. The number of fused-ring (bicyclic) bond motifs is 1. The van der Waals surface area contributed by atoms with Crippen molar-refractivity contribution in [2.24, 2.45) is 5.92 Å². The molecule has 0 aromatic carbocycles. The van der Waals surface area contributed by atoms with Crippen LogP contribution in [0.25, 0.3) is 11.4 Å². The summed E-state index contributed by atoms with van der Waals surface area (Å²) in [4.78, 5) is 20.0. The smallest absolute Gasteiger partial charge is 0.368 e. The van der Waals surface area contributed by atoms with Crippen LogP contribution in [0, 0.1) is 5.92 Å². The summed E-state index contributed by atoms with van der Waals surface area (Å²) in [6.45, 7) is 2.94. The van der Waals surface area contributed by atoms with Crippen molar-refractivity contribution < 1.29 is 18.0 Å². The number of nitrogen functional groups attached to an aromatic ring is 1. The van der Waals surface area contributed by atoms with E-state index in [1.165, 1.54) is 18.3 Å². The molecule has 3 N–H and O–H groups in total. The minimum Gasteiger partial charge on any atom is -0.368 e. The average Bonchev–Trinajstić information content (AvgIpc) is 2.86. The third-order valence-electron chi connectivity index (χ3n) is 4.30. The Bertz CT molecular complexity index is 813. The molecule has 3 heterocycles. The number of nitrogens with zero attached hydrogens (tertiary/aromatic N) is 3. The molecule has 2 aromatic heterocycles. The number of nitrogens with two attached hydrogens (primary N) is 1. The Morgan fingerprint density at radius 1 is 1.44 bits per heavy atom. The van der Waals surface area contributed by atoms with Crippen LogP contribution in [0.3, 0.4) is 0 Å². The molecule has 1 atom stereocenters. The molecule has 6 nitrogen and oxygen atoms in total. The van der Waals surface area contributed by atoms with Gasteiger partial charge in [0, 0.05) is 24.4 Å². The lowest BCUT2D eigenvalue weighted by Gasteiger charge is -2.29. The van der Waals surface area contributed by atoms with Crippen LogP contribution in [0.4, 0.5) is 19.1 Å². The van der Waals surface area contributed by atoms with Crippen LogP contribution >= 0.6 is 0 Å². The second-order valence-electron chi connectivity index (χ2n) is 6.39. The van der Waals surface area contributed by atoms with Crippen LogP contribution in [0.15, 0.2) is 18.3 Å². The average molecular weight is 353 g/mol. The number of hydrogen-bond acceptors (Lipinski definition) is 4. The number of anilines is 1. The lowest BCUT2D eigenvalue weighted by molar-refractivity contribution is -0.140. The highest BCUT2D eigenvalue weighted by molar-refractivity contribution is 5.98. The number of carbonyl (C=O) groups is 1. The molecule has 3 rings (SSSR count). The van der Waals surface area contributed by atoms with Gasteiger partial charge in [-0.2, -0.15) is 13.2 Å². The number of halogens is 3. The highest BCUT2D eigenvalue weighted by Crippen LogP contribution is 2.37. The molecule has 2 aromatic rings. The van der Waals surface area contributed by atoms with E-state index in [1.54, 1.807) is 0 Å². The molecular formula is C16H18F3N5O. The topological polar surface area (TPSA) is 85.8 Å². The maximum Gasteiger partial charge on any atom is 0.406 e. The zero-order chi connectivity index (χ0) is 18.4. The normalized spacial score (nSPS) is 17.5. The summed E-state index contributed by atoms with van der Waals surface area (Å²) >= 11 is 0. The van der Waals surface area contributed by atoms with Gasteiger partial charge in [-0.1, -0.05) is 13.8 Å². The zero-order valence-electron chi connectivity index (χ0n) is 13.8. The van der Waals surface area contributed by atoms with Gasteiger partial charge in [-0.15, -0.1) is 0 Å². The monoisotopic (exact) mass is 353 g/mol. The quantitative estimate of drug-likeness (QED) is 0.888. The van der Waals surface area contributed by atoms with E-state index in [0.29, 0.717) is 12.2 Å². The van der Waals surface area contributed by atoms with E-state index in [2.05, 4.69) is 15.3 Å². The number of rotatable bonds is 3. The van der Waals surface area contributed by atoms with E-state index in [4.69, 9.17) is 5.73 Å². The molecule has 0 radical (unpaired) electrons. The molecule has 25 heavy (non-hydrogen) atoms. The number of amides is 1. The largest absolute Gasteiger partial charge is 0.406 e. The van der Waals surface area contributed by atoms with Crippen LogP contribution in [0.2, 0.25) is 0 Å². The van der Waals surface area contributed by atoms with Gasteiger partial charge < -0.3 is 15.6 Å². The molecule has 0 saturated carbocycles. The molecule has 0 saturated heterocycles. The molecular weight excluding hydrogens is 335 g/mol. The first-order valence-electron chi connectivity index (χ1n) is 7.84. The van der Waals surface area contributed by atoms with Crippen LogP contribution < -0.4 is 11.1 Å². The standard InChI is InChI=1S/C16H18F3N5O/c1-8(2)10-6-22-14(25)9-5-12(11-3-4-21-15(20)23-11)24(13(9)10)7-16(17,18)19/h3-5,8,10H,6-7H2,1-2H3,(H,22,25)(H2,20,21,23). The number of nitrogens with one attached hydrogen (secondary N) is 1. The fourth-order valence-electron chi connectivity index (χ4n) is 3.17. The zero-order valence-corrected chi connectivity index (χ0v) is 13.8. The maximum absolute atomic E-state index is 13.2. The van der Waals surface area contributed by atoms with E-state index in [9.17, 15) is 18.0 Å². The van der Waals surface area contributed by atoms with Crippen LogP contribution in [0.5, 0.6) is 0 Å². The molecule has 1 aliphatic rings. The van der Waals surface area contributed by atoms with Gasteiger partial charge in [-0.05, 0) is 18.1 Å². The Labute approximate surface area is 142 Å². The first kappa shape index (κ1) is 17.2. The molecule has 134 valence electrons. The first-order chi connectivity index (χ1) is 11.7. The fraction of sp³-hybridized carbons (Fsp3) is 0.438. The van der Waals surface area contributed by atoms with Gasteiger partial charge in [0.2, 0.25) is 5.95 Å². The second-order valence-corrected chi connectivity index (χ2v) is 6.39. The van der Waals surface area contributed by atoms with Gasteiger partial charge in [-0.3, -0.25) is 4.79 Å². The van der Waals surface area contributed by atoms with Gasteiger partial charge in [0.25, 0.3) is 5.91 Å². The van der Waals surface area contributed by atoms with Gasteiger partial charge in [0.15, 0.2) is 0 Å². The van der Waals surface area contributed by atoms with Gasteiger partial charge in [0.05, 0.1) is 17.0 Å². The van der Waals surface area contributed by atoms with Crippen LogP contribution in [0.1, 0.15) is 35.8 Å². The van der Waals surface area contributed by atoms with Crippen molar-refractivity contribution >= 4 is 11.9 Å².